The van der Waals surface area contributed by atoms with Gasteiger partial charge in [0.1, 0.15) is 0 Å². The molecule has 1 aliphatic rings. The second-order valence-electron chi connectivity index (χ2n) is 6.09. The summed E-state index contributed by atoms with van der Waals surface area (Å²) in [6.07, 6.45) is 0.739. The molecule has 0 fully saturated rings. The normalized spacial score (nSPS) is 13.0. The van der Waals surface area contributed by atoms with Crippen LogP contribution in [-0.2, 0) is 11.2 Å². The molecular formula is C20H19ClN2O3S. The highest BCUT2D eigenvalue weighted by molar-refractivity contribution is 7.99. The van der Waals surface area contributed by atoms with Gasteiger partial charge in [0.05, 0.1) is 16.9 Å². The van der Waals surface area contributed by atoms with Crippen LogP contribution in [0.4, 0.5) is 0 Å². The second kappa shape index (κ2) is 9.06. The molecule has 3 amide bonds. The van der Waals surface area contributed by atoms with Gasteiger partial charge in [0.2, 0.25) is 5.91 Å². The number of amides is 3. The summed E-state index contributed by atoms with van der Waals surface area (Å²) in [4.78, 5) is 37.6. The molecule has 0 radical (unpaired) electrons. The molecule has 2 aromatic rings. The zero-order valence-corrected chi connectivity index (χ0v) is 16.2. The van der Waals surface area contributed by atoms with Gasteiger partial charge in [-0.05, 0) is 36.2 Å². The molecule has 1 heterocycles. The van der Waals surface area contributed by atoms with Crippen molar-refractivity contribution in [2.24, 2.45) is 0 Å². The van der Waals surface area contributed by atoms with Crippen LogP contribution in [0.2, 0.25) is 5.02 Å². The highest BCUT2D eigenvalue weighted by atomic mass is 35.5. The van der Waals surface area contributed by atoms with Gasteiger partial charge in [-0.15, -0.1) is 0 Å². The van der Waals surface area contributed by atoms with Crippen molar-refractivity contribution in [3.05, 3.63) is 70.2 Å². The molecular weight excluding hydrogens is 384 g/mol. The number of nitrogens with one attached hydrogen (secondary N) is 1. The fourth-order valence-corrected chi connectivity index (χ4v) is 3.68. The first-order chi connectivity index (χ1) is 13.1. The molecule has 0 aromatic heterocycles. The largest absolute Gasteiger partial charge is 0.355 e. The summed E-state index contributed by atoms with van der Waals surface area (Å²) >= 11 is 7.24. The van der Waals surface area contributed by atoms with Crippen LogP contribution in [0.5, 0.6) is 0 Å². The first-order valence-corrected chi connectivity index (χ1v) is 10.1. The number of carbonyl (C=O) groups excluding carboxylic acids is 3. The lowest BCUT2D eigenvalue weighted by Gasteiger charge is -2.13. The number of carbonyl (C=O) groups is 3. The zero-order chi connectivity index (χ0) is 19.2. The maximum absolute atomic E-state index is 12.2. The van der Waals surface area contributed by atoms with Gasteiger partial charge in [0, 0.05) is 23.9 Å². The van der Waals surface area contributed by atoms with Crippen molar-refractivity contribution in [3.8, 4) is 0 Å². The number of nitrogens with zero attached hydrogens (tertiary/aromatic N) is 1. The molecule has 7 heteroatoms. The molecule has 5 nitrogen and oxygen atoms in total. The Hall–Kier alpha value is -2.31. The van der Waals surface area contributed by atoms with Crippen LogP contribution in [0.25, 0.3) is 0 Å². The summed E-state index contributed by atoms with van der Waals surface area (Å²) in [7, 11) is 0. The third kappa shape index (κ3) is 4.90. The highest BCUT2D eigenvalue weighted by Gasteiger charge is 2.34. The molecule has 0 spiro atoms. The van der Waals surface area contributed by atoms with E-state index in [1.165, 1.54) is 16.7 Å². The maximum Gasteiger partial charge on any atom is 0.261 e. The number of rotatable bonds is 8. The summed E-state index contributed by atoms with van der Waals surface area (Å²) in [6.45, 7) is 0.856. The predicted octanol–water partition coefficient (Wildman–Crippen LogP) is 3.03. The Morgan fingerprint density at radius 1 is 1.00 bits per heavy atom. The summed E-state index contributed by atoms with van der Waals surface area (Å²) in [6, 6.07) is 14.3. The Bertz CT molecular complexity index is 820. The van der Waals surface area contributed by atoms with Gasteiger partial charge >= 0.3 is 0 Å². The van der Waals surface area contributed by atoms with E-state index in [1.54, 1.807) is 24.3 Å². The Labute approximate surface area is 167 Å². The quantitative estimate of drug-likeness (QED) is 0.544. The molecule has 0 saturated heterocycles. The Balaban J connectivity index is 1.34. The second-order valence-corrected chi connectivity index (χ2v) is 7.63. The van der Waals surface area contributed by atoms with Crippen molar-refractivity contribution in [1.29, 1.82) is 0 Å². The van der Waals surface area contributed by atoms with Gasteiger partial charge in [0.15, 0.2) is 0 Å². The van der Waals surface area contributed by atoms with Crippen molar-refractivity contribution in [2.75, 3.05) is 24.6 Å². The van der Waals surface area contributed by atoms with E-state index >= 15 is 0 Å². The van der Waals surface area contributed by atoms with Crippen LogP contribution < -0.4 is 5.32 Å². The van der Waals surface area contributed by atoms with Gasteiger partial charge in [-0.3, -0.25) is 19.3 Å². The first kappa shape index (κ1) is 19.5. The first-order valence-electron chi connectivity index (χ1n) is 8.60. The van der Waals surface area contributed by atoms with Gasteiger partial charge in [0.25, 0.3) is 11.8 Å². The number of hydrogen-bond acceptors (Lipinski definition) is 4. The minimum absolute atomic E-state index is 0.0590. The fourth-order valence-electron chi connectivity index (χ4n) is 2.81. The number of thioether (sulfide) groups is 1. The fraction of sp³-hybridized carbons (Fsp3) is 0.250. The van der Waals surface area contributed by atoms with Crippen molar-refractivity contribution >= 4 is 41.1 Å². The van der Waals surface area contributed by atoms with Gasteiger partial charge < -0.3 is 5.32 Å². The van der Waals surface area contributed by atoms with E-state index in [1.807, 2.05) is 24.3 Å². The van der Waals surface area contributed by atoms with Crippen LogP contribution in [-0.4, -0.2) is 47.2 Å². The molecule has 3 rings (SSSR count). The van der Waals surface area contributed by atoms with Gasteiger partial charge in [-0.2, -0.15) is 11.8 Å². The van der Waals surface area contributed by atoms with E-state index in [-0.39, 0.29) is 17.7 Å². The Morgan fingerprint density at radius 3 is 2.26 bits per heavy atom. The lowest BCUT2D eigenvalue weighted by atomic mass is 10.1. The average molecular weight is 403 g/mol. The smallest absolute Gasteiger partial charge is 0.261 e. The van der Waals surface area contributed by atoms with Gasteiger partial charge in [-0.25, -0.2) is 0 Å². The Morgan fingerprint density at radius 2 is 1.63 bits per heavy atom. The van der Waals surface area contributed by atoms with E-state index in [9.17, 15) is 14.4 Å². The third-order valence-electron chi connectivity index (χ3n) is 4.22. The van der Waals surface area contributed by atoms with Crippen LogP contribution in [0, 0.1) is 0 Å². The minimum atomic E-state index is -0.261. The molecule has 0 unspecified atom stereocenters. The van der Waals surface area contributed by atoms with Crippen molar-refractivity contribution < 1.29 is 14.4 Å². The van der Waals surface area contributed by atoms with E-state index in [4.69, 9.17) is 11.6 Å². The monoisotopic (exact) mass is 402 g/mol. The van der Waals surface area contributed by atoms with Crippen molar-refractivity contribution in [1.82, 2.24) is 10.2 Å². The molecule has 0 saturated carbocycles. The minimum Gasteiger partial charge on any atom is -0.355 e. The molecule has 140 valence electrons. The van der Waals surface area contributed by atoms with Gasteiger partial charge in [-0.1, -0.05) is 35.9 Å². The predicted molar refractivity (Wildman–Crippen MR) is 107 cm³/mol. The number of benzene rings is 2. The molecule has 0 bridgehead atoms. The maximum atomic E-state index is 12.2. The standard InChI is InChI=1S/C20H19ClN2O3S/c21-15-7-5-14(6-8-15)9-10-22-18(24)13-27-12-11-23-19(25)16-3-1-2-4-17(16)20(23)26/h1-8H,9-13H2,(H,22,24). The van der Waals surface area contributed by atoms with Crippen molar-refractivity contribution in [3.63, 3.8) is 0 Å². The molecule has 1 aliphatic heterocycles. The molecule has 27 heavy (non-hydrogen) atoms. The number of hydrogen-bond donors (Lipinski definition) is 1. The Kier molecular flexibility index (Phi) is 6.53. The highest BCUT2D eigenvalue weighted by Crippen LogP contribution is 2.22. The topological polar surface area (TPSA) is 66.5 Å². The number of fused-ring (bicyclic) bond motifs is 1. The van der Waals surface area contributed by atoms with Crippen LogP contribution in [0.15, 0.2) is 48.5 Å². The summed E-state index contributed by atoms with van der Waals surface area (Å²) < 4.78 is 0. The SMILES string of the molecule is O=C(CSCCN1C(=O)c2ccccc2C1=O)NCCc1ccc(Cl)cc1. The van der Waals surface area contributed by atoms with Crippen LogP contribution >= 0.6 is 23.4 Å². The van der Waals surface area contributed by atoms with E-state index in [0.717, 1.165) is 12.0 Å². The summed E-state index contributed by atoms with van der Waals surface area (Å²) in [5, 5.41) is 3.56. The summed E-state index contributed by atoms with van der Waals surface area (Å²) in [5.74, 6) is 0.239. The lowest BCUT2D eigenvalue weighted by molar-refractivity contribution is -0.118. The van der Waals surface area contributed by atoms with Crippen LogP contribution in [0.3, 0.4) is 0 Å². The van der Waals surface area contributed by atoms with E-state index in [2.05, 4.69) is 5.32 Å². The van der Waals surface area contributed by atoms with E-state index in [0.29, 0.717) is 40.7 Å². The average Bonchev–Trinajstić information content (AvgIpc) is 2.92. The molecule has 0 atom stereocenters. The molecule has 1 N–H and O–H groups in total. The number of imide groups is 1. The molecule has 0 aliphatic carbocycles. The third-order valence-corrected chi connectivity index (χ3v) is 5.41. The zero-order valence-electron chi connectivity index (χ0n) is 14.6. The van der Waals surface area contributed by atoms with Crippen LogP contribution in [0.1, 0.15) is 26.3 Å². The molecule has 2 aromatic carbocycles. The summed E-state index contributed by atoms with van der Waals surface area (Å²) in [5.41, 5.74) is 2.01. The van der Waals surface area contributed by atoms with Crippen molar-refractivity contribution in [2.45, 2.75) is 6.42 Å². The lowest BCUT2D eigenvalue weighted by Crippen LogP contribution is -2.32. The van der Waals surface area contributed by atoms with E-state index < -0.39 is 0 Å². The number of halogens is 1.